The smallest absolute Gasteiger partial charge is 0.237 e. The molecule has 1 aliphatic heterocycles. The molecular formula is C32H54N4O6. The van der Waals surface area contributed by atoms with E-state index < -0.39 is 36.3 Å². The molecule has 238 valence electrons. The number of benzene rings is 1. The molecule has 1 aliphatic rings. The molecule has 1 saturated heterocycles. The number of nitrogens with one attached hydrogen (secondary N) is 2. The van der Waals surface area contributed by atoms with E-state index in [2.05, 4.69) is 10.6 Å². The van der Waals surface area contributed by atoms with Crippen LogP contribution in [0.2, 0.25) is 0 Å². The molecule has 0 saturated carbocycles. The minimum atomic E-state index is -0.854. The largest absolute Gasteiger partial charge is 0.386 e. The average molecular weight is 591 g/mol. The van der Waals surface area contributed by atoms with Crippen LogP contribution in [0.1, 0.15) is 78.9 Å². The standard InChI is InChI=1S/C32H54N4O6/c1-9-20(4)28(35-32(40)27(33)19(2)3)25(41-7)18-26(37)36-17-13-16-24(36)30(42-8)21(5)31(39)34-22(6)29(38)23-14-11-10-12-15-23/h10-12,14-15,19-22,24-25,27-30,38H,9,13,16-18,33H2,1-8H3,(H,34,39)(H,35,40). The second-order valence-corrected chi connectivity index (χ2v) is 12.1. The highest BCUT2D eigenvalue weighted by Crippen LogP contribution is 2.29. The Morgan fingerprint density at radius 1 is 1.02 bits per heavy atom. The zero-order chi connectivity index (χ0) is 31.6. The van der Waals surface area contributed by atoms with Crippen LogP contribution in [-0.4, -0.2) is 84.9 Å². The molecule has 0 spiro atoms. The fourth-order valence-electron chi connectivity index (χ4n) is 5.73. The van der Waals surface area contributed by atoms with Crippen LogP contribution < -0.4 is 16.4 Å². The predicted octanol–water partition coefficient (Wildman–Crippen LogP) is 2.79. The zero-order valence-corrected chi connectivity index (χ0v) is 26.7. The van der Waals surface area contributed by atoms with Gasteiger partial charge in [-0.25, -0.2) is 0 Å². The number of hydrogen-bond acceptors (Lipinski definition) is 7. The Bertz CT molecular complexity index is 992. The molecule has 9 unspecified atom stereocenters. The molecule has 10 nitrogen and oxygen atoms in total. The highest BCUT2D eigenvalue weighted by Gasteiger charge is 2.41. The summed E-state index contributed by atoms with van der Waals surface area (Å²) in [6.45, 7) is 12.0. The van der Waals surface area contributed by atoms with E-state index in [0.717, 1.165) is 18.4 Å². The topological polar surface area (TPSA) is 143 Å². The zero-order valence-electron chi connectivity index (χ0n) is 26.7. The molecule has 1 aromatic carbocycles. The predicted molar refractivity (Wildman–Crippen MR) is 163 cm³/mol. The Balaban J connectivity index is 2.13. The maximum atomic E-state index is 13.7. The number of nitrogens with zero attached hydrogens (tertiary/aromatic N) is 1. The third kappa shape index (κ3) is 9.23. The van der Waals surface area contributed by atoms with Gasteiger partial charge in [0.25, 0.3) is 0 Å². The fraction of sp³-hybridized carbons (Fsp3) is 0.719. The first kappa shape index (κ1) is 35.7. The molecule has 9 atom stereocenters. The molecular weight excluding hydrogens is 536 g/mol. The molecule has 1 aromatic rings. The number of aliphatic hydroxyl groups excluding tert-OH is 1. The van der Waals surface area contributed by atoms with Crippen LogP contribution in [0.5, 0.6) is 0 Å². The Morgan fingerprint density at radius 2 is 1.67 bits per heavy atom. The number of likely N-dealkylation sites (tertiary alicyclic amines) is 1. The first-order valence-corrected chi connectivity index (χ1v) is 15.3. The van der Waals surface area contributed by atoms with Gasteiger partial charge in [0.1, 0.15) is 0 Å². The molecule has 1 fully saturated rings. The van der Waals surface area contributed by atoms with Crippen LogP contribution in [0.4, 0.5) is 0 Å². The van der Waals surface area contributed by atoms with Crippen LogP contribution in [0.15, 0.2) is 30.3 Å². The lowest BCUT2D eigenvalue weighted by Crippen LogP contribution is -2.55. The van der Waals surface area contributed by atoms with Gasteiger partial charge in [0.2, 0.25) is 17.7 Å². The summed E-state index contributed by atoms with van der Waals surface area (Å²) in [5.74, 6) is -1.15. The SMILES string of the molecule is CCC(C)C(NC(=O)C(N)C(C)C)C(CC(=O)N1CCCC1C(OC)C(C)C(=O)NC(C)C(O)c1ccccc1)OC. The van der Waals surface area contributed by atoms with Crippen LogP contribution in [0.25, 0.3) is 0 Å². The lowest BCUT2D eigenvalue weighted by atomic mass is 9.90. The van der Waals surface area contributed by atoms with E-state index >= 15 is 0 Å². The van der Waals surface area contributed by atoms with Gasteiger partial charge >= 0.3 is 0 Å². The van der Waals surface area contributed by atoms with Crippen molar-refractivity contribution in [1.82, 2.24) is 15.5 Å². The monoisotopic (exact) mass is 590 g/mol. The number of hydrogen-bond donors (Lipinski definition) is 4. The molecule has 5 N–H and O–H groups in total. The third-order valence-corrected chi connectivity index (χ3v) is 8.83. The van der Waals surface area contributed by atoms with Crippen molar-refractivity contribution in [2.75, 3.05) is 20.8 Å². The van der Waals surface area contributed by atoms with Gasteiger partial charge in [-0.3, -0.25) is 14.4 Å². The van der Waals surface area contributed by atoms with Gasteiger partial charge in [-0.05, 0) is 37.2 Å². The number of rotatable bonds is 16. The summed E-state index contributed by atoms with van der Waals surface area (Å²) in [6.07, 6.45) is 0.435. The molecule has 1 heterocycles. The number of carbonyl (C=O) groups excluding carboxylic acids is 3. The van der Waals surface area contributed by atoms with Gasteiger partial charge in [0, 0.05) is 20.8 Å². The number of methoxy groups -OCH3 is 2. The lowest BCUT2D eigenvalue weighted by molar-refractivity contribution is -0.143. The summed E-state index contributed by atoms with van der Waals surface area (Å²) in [5.41, 5.74) is 6.82. The Kier molecular flexibility index (Phi) is 14.4. The van der Waals surface area contributed by atoms with Crippen molar-refractivity contribution in [1.29, 1.82) is 0 Å². The Hall–Kier alpha value is -2.53. The number of ether oxygens (including phenoxy) is 2. The van der Waals surface area contributed by atoms with Crippen molar-refractivity contribution >= 4 is 17.7 Å². The summed E-state index contributed by atoms with van der Waals surface area (Å²) in [5, 5.41) is 16.7. The molecule has 0 bridgehead atoms. The Morgan fingerprint density at radius 3 is 2.21 bits per heavy atom. The van der Waals surface area contributed by atoms with E-state index in [0.29, 0.717) is 13.0 Å². The highest BCUT2D eigenvalue weighted by molar-refractivity contribution is 5.83. The van der Waals surface area contributed by atoms with Gasteiger partial charge < -0.3 is 35.8 Å². The third-order valence-electron chi connectivity index (χ3n) is 8.83. The van der Waals surface area contributed by atoms with Crippen LogP contribution in [0, 0.1) is 17.8 Å². The maximum absolute atomic E-state index is 13.7. The molecule has 42 heavy (non-hydrogen) atoms. The summed E-state index contributed by atoms with van der Waals surface area (Å²) in [6, 6.07) is 7.35. The maximum Gasteiger partial charge on any atom is 0.237 e. The second kappa shape index (κ2) is 16.9. The van der Waals surface area contributed by atoms with Crippen molar-refractivity contribution in [2.45, 2.75) is 110 Å². The van der Waals surface area contributed by atoms with E-state index in [1.54, 1.807) is 33.0 Å². The quantitative estimate of drug-likeness (QED) is 0.232. The minimum absolute atomic E-state index is 0.0228. The van der Waals surface area contributed by atoms with Crippen molar-refractivity contribution in [3.63, 3.8) is 0 Å². The summed E-state index contributed by atoms with van der Waals surface area (Å²) in [4.78, 5) is 41.6. The van der Waals surface area contributed by atoms with Crippen LogP contribution in [-0.2, 0) is 23.9 Å². The van der Waals surface area contributed by atoms with Gasteiger partial charge in [0.15, 0.2) is 0 Å². The van der Waals surface area contributed by atoms with Crippen molar-refractivity contribution < 1.29 is 29.0 Å². The summed E-state index contributed by atoms with van der Waals surface area (Å²) >= 11 is 0. The molecule has 0 aromatic heterocycles. The number of amides is 3. The lowest BCUT2D eigenvalue weighted by Gasteiger charge is -2.36. The minimum Gasteiger partial charge on any atom is -0.386 e. The molecule has 10 heteroatoms. The number of nitrogens with two attached hydrogens (primary N) is 1. The average Bonchev–Trinajstić information content (AvgIpc) is 3.47. The van der Waals surface area contributed by atoms with Gasteiger partial charge in [0.05, 0.1) is 54.8 Å². The van der Waals surface area contributed by atoms with Gasteiger partial charge in [-0.15, -0.1) is 0 Å². The van der Waals surface area contributed by atoms with E-state index in [1.165, 1.54) is 0 Å². The molecule has 0 aliphatic carbocycles. The number of carbonyl (C=O) groups is 3. The van der Waals surface area contributed by atoms with Crippen molar-refractivity contribution in [3.05, 3.63) is 35.9 Å². The van der Waals surface area contributed by atoms with Crippen LogP contribution >= 0.6 is 0 Å². The second-order valence-electron chi connectivity index (χ2n) is 12.1. The molecule has 0 radical (unpaired) electrons. The van der Waals surface area contributed by atoms with Crippen molar-refractivity contribution in [2.24, 2.45) is 23.5 Å². The van der Waals surface area contributed by atoms with E-state index in [4.69, 9.17) is 15.2 Å². The van der Waals surface area contributed by atoms with Crippen LogP contribution in [0.3, 0.4) is 0 Å². The first-order valence-electron chi connectivity index (χ1n) is 15.3. The van der Waals surface area contributed by atoms with Gasteiger partial charge in [-0.2, -0.15) is 0 Å². The Labute approximate surface area is 252 Å². The van der Waals surface area contributed by atoms with E-state index in [-0.39, 0.29) is 48.1 Å². The highest BCUT2D eigenvalue weighted by atomic mass is 16.5. The molecule has 3 amide bonds. The number of aliphatic hydroxyl groups is 1. The van der Waals surface area contributed by atoms with Gasteiger partial charge in [-0.1, -0.05) is 71.4 Å². The normalized spacial score (nSPS) is 21.1. The van der Waals surface area contributed by atoms with Crippen molar-refractivity contribution in [3.8, 4) is 0 Å². The fourth-order valence-corrected chi connectivity index (χ4v) is 5.73. The van der Waals surface area contributed by atoms with E-state index in [1.807, 2.05) is 58.0 Å². The summed E-state index contributed by atoms with van der Waals surface area (Å²) < 4.78 is 11.6. The van der Waals surface area contributed by atoms with E-state index in [9.17, 15) is 19.5 Å². The summed E-state index contributed by atoms with van der Waals surface area (Å²) in [7, 11) is 3.11. The molecule has 2 rings (SSSR count). The first-order chi connectivity index (χ1) is 19.9.